The van der Waals surface area contributed by atoms with E-state index < -0.39 is 0 Å². The van der Waals surface area contributed by atoms with Gasteiger partial charge in [-0.15, -0.1) is 0 Å². The SMILES string of the molecule is C1=Cc2c(oc3cc4c(cc23)c2cc(-c3ccc5c(c3)c3c(-c6nc(-c7ccccc7)nc(-c7ccccc7)n6)cccc3n5-c3ccccc3)ccc2n4-c2ccccc2)CC1. The van der Waals surface area contributed by atoms with Gasteiger partial charge in [0, 0.05) is 73.0 Å². The molecule has 0 bridgehead atoms. The first-order valence-electron chi connectivity index (χ1n) is 21.5. The molecule has 6 heteroatoms. The number of fused-ring (bicyclic) bond motifs is 9. The Labute approximate surface area is 362 Å². The second kappa shape index (κ2) is 14.1. The summed E-state index contributed by atoms with van der Waals surface area (Å²) in [5, 5.41) is 5.77. The molecule has 0 unspecified atom stereocenters. The average molecular weight is 808 g/mol. The standard InChI is InChI=1S/C57H37N5O/c1-5-16-36(17-6-1)55-58-56(37-18-7-2-8-19-37)60-57(59-55)43-25-15-26-50-54(43)47-33-39(29-31-49(47)61(50)40-20-9-3-10-21-40)38-28-30-48-44(32-38)45-34-46-42-24-13-14-27-52(42)63-53(46)35-51(45)62(48)41-22-11-4-12-23-41/h1-13,15-26,28-35H,14,27H2. The van der Waals surface area contributed by atoms with E-state index in [4.69, 9.17) is 19.4 Å². The Morgan fingerprint density at radius 1 is 0.413 bits per heavy atom. The van der Waals surface area contributed by atoms with Gasteiger partial charge < -0.3 is 13.6 Å². The summed E-state index contributed by atoms with van der Waals surface area (Å²) in [6.45, 7) is 0. The fourth-order valence-electron chi connectivity index (χ4n) is 9.72. The van der Waals surface area contributed by atoms with Gasteiger partial charge in [-0.05, 0) is 78.2 Å². The van der Waals surface area contributed by atoms with Crippen LogP contribution in [0.2, 0.25) is 0 Å². The van der Waals surface area contributed by atoms with E-state index >= 15 is 0 Å². The number of aromatic nitrogens is 5. The van der Waals surface area contributed by atoms with Crippen LogP contribution in [0, 0.1) is 0 Å². The van der Waals surface area contributed by atoms with Gasteiger partial charge in [-0.3, -0.25) is 0 Å². The summed E-state index contributed by atoms with van der Waals surface area (Å²) >= 11 is 0. The highest BCUT2D eigenvalue weighted by Crippen LogP contribution is 2.43. The zero-order valence-corrected chi connectivity index (χ0v) is 34.1. The molecule has 13 rings (SSSR count). The molecule has 4 aromatic heterocycles. The molecule has 4 heterocycles. The minimum Gasteiger partial charge on any atom is -0.460 e. The van der Waals surface area contributed by atoms with Crippen LogP contribution in [0.3, 0.4) is 0 Å². The molecule has 1 aliphatic carbocycles. The lowest BCUT2D eigenvalue weighted by molar-refractivity contribution is 0.546. The van der Waals surface area contributed by atoms with Crippen LogP contribution < -0.4 is 0 Å². The van der Waals surface area contributed by atoms with Crippen molar-refractivity contribution >= 4 is 60.7 Å². The summed E-state index contributed by atoms with van der Waals surface area (Å²) in [4.78, 5) is 15.4. The van der Waals surface area contributed by atoms with Crippen LogP contribution >= 0.6 is 0 Å². The summed E-state index contributed by atoms with van der Waals surface area (Å²) < 4.78 is 11.2. The van der Waals surface area contributed by atoms with Gasteiger partial charge in [-0.25, -0.2) is 15.0 Å². The molecular formula is C57H37N5O. The maximum atomic E-state index is 6.51. The van der Waals surface area contributed by atoms with Crippen molar-refractivity contribution in [3.8, 4) is 56.7 Å². The number of hydrogen-bond acceptors (Lipinski definition) is 4. The van der Waals surface area contributed by atoms with E-state index in [1.807, 2.05) is 36.4 Å². The van der Waals surface area contributed by atoms with Crippen molar-refractivity contribution in [3.63, 3.8) is 0 Å². The molecular weight excluding hydrogens is 771 g/mol. The molecule has 12 aromatic rings. The summed E-state index contributed by atoms with van der Waals surface area (Å²) in [5.41, 5.74) is 13.9. The third-order valence-corrected chi connectivity index (χ3v) is 12.6. The van der Waals surface area contributed by atoms with E-state index in [0.717, 1.165) is 102 Å². The topological polar surface area (TPSA) is 61.7 Å². The fraction of sp³-hybridized carbons (Fsp3) is 0.0351. The molecule has 6 nitrogen and oxygen atoms in total. The minimum atomic E-state index is 0.628. The van der Waals surface area contributed by atoms with E-state index in [0.29, 0.717) is 17.5 Å². The first kappa shape index (κ1) is 35.4. The van der Waals surface area contributed by atoms with Crippen molar-refractivity contribution in [2.75, 3.05) is 0 Å². The Kier molecular flexibility index (Phi) is 7.93. The highest BCUT2D eigenvalue weighted by atomic mass is 16.3. The molecule has 0 fully saturated rings. The minimum absolute atomic E-state index is 0.628. The monoisotopic (exact) mass is 807 g/mol. The highest BCUT2D eigenvalue weighted by molar-refractivity contribution is 6.17. The van der Waals surface area contributed by atoms with Crippen LogP contribution in [0.5, 0.6) is 0 Å². The van der Waals surface area contributed by atoms with Gasteiger partial charge in [0.15, 0.2) is 17.5 Å². The summed E-state index contributed by atoms with van der Waals surface area (Å²) in [5.74, 6) is 2.97. The number of rotatable bonds is 6. The Morgan fingerprint density at radius 3 is 1.62 bits per heavy atom. The molecule has 0 atom stereocenters. The lowest BCUT2D eigenvalue weighted by atomic mass is 9.98. The predicted molar refractivity (Wildman–Crippen MR) is 257 cm³/mol. The summed E-state index contributed by atoms with van der Waals surface area (Å²) in [6, 6.07) is 66.4. The van der Waals surface area contributed by atoms with Crippen molar-refractivity contribution in [1.29, 1.82) is 0 Å². The third kappa shape index (κ3) is 5.69. The van der Waals surface area contributed by atoms with Crippen molar-refractivity contribution in [1.82, 2.24) is 24.1 Å². The second-order valence-corrected chi connectivity index (χ2v) is 16.3. The van der Waals surface area contributed by atoms with Crippen LogP contribution in [-0.2, 0) is 6.42 Å². The number of furan rings is 1. The van der Waals surface area contributed by atoms with Gasteiger partial charge in [0.05, 0.1) is 22.1 Å². The smallest absolute Gasteiger partial charge is 0.164 e. The van der Waals surface area contributed by atoms with Crippen LogP contribution in [0.15, 0.2) is 199 Å². The highest BCUT2D eigenvalue weighted by Gasteiger charge is 2.23. The van der Waals surface area contributed by atoms with E-state index in [1.54, 1.807) is 0 Å². The van der Waals surface area contributed by atoms with E-state index in [1.165, 1.54) is 16.3 Å². The predicted octanol–water partition coefficient (Wildman–Crippen LogP) is 14.4. The molecule has 0 radical (unpaired) electrons. The zero-order chi connectivity index (χ0) is 41.4. The molecule has 0 saturated heterocycles. The van der Waals surface area contributed by atoms with Crippen LogP contribution in [-0.4, -0.2) is 24.1 Å². The lowest BCUT2D eigenvalue weighted by Gasteiger charge is -2.10. The third-order valence-electron chi connectivity index (χ3n) is 12.6. The molecule has 0 aliphatic heterocycles. The molecule has 0 amide bonds. The van der Waals surface area contributed by atoms with Crippen molar-refractivity contribution < 1.29 is 4.42 Å². The Bertz CT molecular complexity index is 3710. The van der Waals surface area contributed by atoms with Crippen molar-refractivity contribution in [2.24, 2.45) is 0 Å². The molecule has 63 heavy (non-hydrogen) atoms. The van der Waals surface area contributed by atoms with Gasteiger partial charge >= 0.3 is 0 Å². The molecule has 8 aromatic carbocycles. The fourth-order valence-corrected chi connectivity index (χ4v) is 9.72. The number of allylic oxidation sites excluding steroid dienone is 1. The maximum absolute atomic E-state index is 6.51. The maximum Gasteiger partial charge on any atom is 0.164 e. The Balaban J connectivity index is 1.06. The lowest BCUT2D eigenvalue weighted by Crippen LogP contribution is -2.00. The normalized spacial score (nSPS) is 12.6. The van der Waals surface area contributed by atoms with E-state index in [2.05, 4.69) is 173 Å². The first-order valence-corrected chi connectivity index (χ1v) is 21.5. The Hall–Kier alpha value is -8.35. The quantitative estimate of drug-likeness (QED) is 0.168. The van der Waals surface area contributed by atoms with Gasteiger partial charge in [0.2, 0.25) is 0 Å². The Morgan fingerprint density at radius 2 is 0.968 bits per heavy atom. The van der Waals surface area contributed by atoms with Gasteiger partial charge in [-0.2, -0.15) is 0 Å². The van der Waals surface area contributed by atoms with Crippen LogP contribution in [0.4, 0.5) is 0 Å². The summed E-state index contributed by atoms with van der Waals surface area (Å²) in [6.07, 6.45) is 6.42. The van der Waals surface area contributed by atoms with Crippen LogP contribution in [0.25, 0.3) is 117 Å². The number of para-hydroxylation sites is 2. The molecule has 0 spiro atoms. The number of nitrogens with zero attached hydrogens (tertiary/aromatic N) is 5. The number of hydrogen-bond donors (Lipinski definition) is 0. The largest absolute Gasteiger partial charge is 0.460 e. The van der Waals surface area contributed by atoms with E-state index in [-0.39, 0.29) is 0 Å². The number of aryl methyl sites for hydroxylation is 1. The van der Waals surface area contributed by atoms with Gasteiger partial charge in [-0.1, -0.05) is 133 Å². The molecule has 0 N–H and O–H groups in total. The van der Waals surface area contributed by atoms with Gasteiger partial charge in [0.25, 0.3) is 0 Å². The van der Waals surface area contributed by atoms with E-state index in [9.17, 15) is 0 Å². The molecule has 0 saturated carbocycles. The second-order valence-electron chi connectivity index (χ2n) is 16.3. The van der Waals surface area contributed by atoms with Crippen molar-refractivity contribution in [2.45, 2.75) is 12.8 Å². The van der Waals surface area contributed by atoms with Crippen LogP contribution in [0.1, 0.15) is 17.7 Å². The summed E-state index contributed by atoms with van der Waals surface area (Å²) in [7, 11) is 0. The molecule has 1 aliphatic rings. The molecule has 296 valence electrons. The zero-order valence-electron chi connectivity index (χ0n) is 34.1. The average Bonchev–Trinajstić information content (AvgIpc) is 4.00. The van der Waals surface area contributed by atoms with Gasteiger partial charge in [0.1, 0.15) is 11.3 Å². The number of benzene rings is 8. The van der Waals surface area contributed by atoms with Crippen molar-refractivity contribution in [3.05, 3.63) is 205 Å². The first-order chi connectivity index (χ1) is 31.2.